The zero-order valence-electron chi connectivity index (χ0n) is 17.3. The number of carbonyl (C=O) groups is 1. The minimum absolute atomic E-state index is 0.222. The Hall–Kier alpha value is -2.79. The van der Waals surface area contributed by atoms with E-state index in [0.29, 0.717) is 24.3 Å². The molecule has 1 heterocycles. The quantitative estimate of drug-likeness (QED) is 0.687. The Labute approximate surface area is 173 Å². The van der Waals surface area contributed by atoms with Crippen LogP contribution in [0, 0.1) is 0 Å². The molecule has 0 radical (unpaired) electrons. The van der Waals surface area contributed by atoms with E-state index in [4.69, 9.17) is 9.47 Å². The van der Waals surface area contributed by atoms with Crippen molar-refractivity contribution in [2.24, 2.45) is 0 Å². The highest BCUT2D eigenvalue weighted by atomic mass is 16.5. The van der Waals surface area contributed by atoms with Crippen LogP contribution in [-0.2, 0) is 11.2 Å². The Morgan fingerprint density at radius 3 is 2.38 bits per heavy atom. The molecule has 1 saturated heterocycles. The van der Waals surface area contributed by atoms with E-state index < -0.39 is 0 Å². The van der Waals surface area contributed by atoms with E-state index in [-0.39, 0.29) is 5.91 Å². The average molecular weight is 395 g/mol. The first kappa shape index (κ1) is 20.9. The molecule has 1 fully saturated rings. The van der Waals surface area contributed by atoms with Crippen LogP contribution in [0.2, 0.25) is 0 Å². The lowest BCUT2D eigenvalue weighted by Crippen LogP contribution is -2.48. The van der Waals surface area contributed by atoms with Gasteiger partial charge in [-0.05, 0) is 29.7 Å². The van der Waals surface area contributed by atoms with Crippen molar-refractivity contribution in [3.8, 4) is 11.5 Å². The van der Waals surface area contributed by atoms with Crippen LogP contribution in [0.15, 0.2) is 54.6 Å². The normalized spacial score (nSPS) is 14.9. The van der Waals surface area contributed by atoms with Gasteiger partial charge in [0.05, 0.1) is 14.2 Å². The molecule has 0 saturated carbocycles. The van der Waals surface area contributed by atoms with Crippen molar-refractivity contribution < 1.29 is 14.3 Å². The van der Waals surface area contributed by atoms with Gasteiger partial charge in [0.25, 0.3) is 0 Å². The molecule has 2 aromatic carbocycles. The van der Waals surface area contributed by atoms with Crippen molar-refractivity contribution in [2.75, 3.05) is 46.9 Å². The van der Waals surface area contributed by atoms with Crippen molar-refractivity contribution in [1.29, 1.82) is 0 Å². The summed E-state index contributed by atoms with van der Waals surface area (Å²) >= 11 is 0. The third-order valence-corrected chi connectivity index (χ3v) is 5.27. The van der Waals surface area contributed by atoms with Crippen molar-refractivity contribution in [3.63, 3.8) is 0 Å². The third kappa shape index (κ3) is 6.09. The second-order valence-electron chi connectivity index (χ2n) is 7.18. The van der Waals surface area contributed by atoms with E-state index in [1.807, 2.05) is 41.3 Å². The summed E-state index contributed by atoms with van der Waals surface area (Å²) in [6.07, 6.45) is 5.58. The summed E-state index contributed by atoms with van der Waals surface area (Å²) in [7, 11) is 3.25. The second kappa shape index (κ2) is 10.7. The fourth-order valence-electron chi connectivity index (χ4n) is 3.53. The summed E-state index contributed by atoms with van der Waals surface area (Å²) in [6.45, 7) is 4.35. The van der Waals surface area contributed by atoms with Crippen molar-refractivity contribution >= 4 is 12.0 Å². The van der Waals surface area contributed by atoms with Crippen LogP contribution in [0.4, 0.5) is 0 Å². The van der Waals surface area contributed by atoms with Crippen LogP contribution in [0.1, 0.15) is 17.5 Å². The molecular weight excluding hydrogens is 364 g/mol. The van der Waals surface area contributed by atoms with Gasteiger partial charge in [-0.2, -0.15) is 0 Å². The first-order valence-corrected chi connectivity index (χ1v) is 10.1. The Balaban J connectivity index is 1.41. The van der Waals surface area contributed by atoms with Gasteiger partial charge in [-0.25, -0.2) is 0 Å². The SMILES string of the molecule is COc1ccc(CCC(=O)N2CCN(C/C=C/c3ccccc3)CC2)cc1OC. The summed E-state index contributed by atoms with van der Waals surface area (Å²) in [5.74, 6) is 1.63. The van der Waals surface area contributed by atoms with E-state index in [2.05, 4.69) is 29.2 Å². The number of hydrogen-bond acceptors (Lipinski definition) is 4. The number of nitrogens with zero attached hydrogens (tertiary/aromatic N) is 2. The molecule has 0 spiro atoms. The van der Waals surface area contributed by atoms with Crippen LogP contribution in [0.5, 0.6) is 11.5 Å². The molecule has 3 rings (SSSR count). The zero-order chi connectivity index (χ0) is 20.5. The van der Waals surface area contributed by atoms with E-state index in [1.165, 1.54) is 5.56 Å². The molecule has 0 unspecified atom stereocenters. The minimum atomic E-state index is 0.222. The number of carbonyl (C=O) groups excluding carboxylic acids is 1. The van der Waals surface area contributed by atoms with Gasteiger partial charge in [-0.15, -0.1) is 0 Å². The standard InChI is InChI=1S/C24H30N2O3/c1-28-22-12-10-21(19-23(22)29-2)11-13-24(27)26-17-15-25(16-18-26)14-6-9-20-7-4-3-5-8-20/h3-10,12,19H,11,13-18H2,1-2H3/b9-6+. The molecule has 0 N–H and O–H groups in total. The monoisotopic (exact) mass is 394 g/mol. The van der Waals surface area contributed by atoms with Gasteiger partial charge in [0.1, 0.15) is 0 Å². The van der Waals surface area contributed by atoms with Crippen LogP contribution < -0.4 is 9.47 Å². The lowest BCUT2D eigenvalue weighted by molar-refractivity contribution is -0.132. The Morgan fingerprint density at radius 1 is 0.966 bits per heavy atom. The number of methoxy groups -OCH3 is 2. The number of ether oxygens (including phenoxy) is 2. The predicted molar refractivity (Wildman–Crippen MR) is 116 cm³/mol. The Bertz CT molecular complexity index is 812. The highest BCUT2D eigenvalue weighted by Gasteiger charge is 2.20. The van der Waals surface area contributed by atoms with E-state index >= 15 is 0 Å². The van der Waals surface area contributed by atoms with Gasteiger partial charge in [-0.3, -0.25) is 9.69 Å². The topological polar surface area (TPSA) is 42.0 Å². The molecule has 1 aliphatic rings. The van der Waals surface area contributed by atoms with E-state index in [1.54, 1.807) is 14.2 Å². The van der Waals surface area contributed by atoms with Gasteiger partial charge < -0.3 is 14.4 Å². The molecule has 2 aromatic rings. The maximum Gasteiger partial charge on any atom is 0.222 e. The maximum absolute atomic E-state index is 12.6. The summed E-state index contributed by atoms with van der Waals surface area (Å²) in [5.41, 5.74) is 2.30. The van der Waals surface area contributed by atoms with Gasteiger partial charge in [0.15, 0.2) is 11.5 Å². The smallest absolute Gasteiger partial charge is 0.222 e. The number of amides is 1. The van der Waals surface area contributed by atoms with Crippen LogP contribution in [0.25, 0.3) is 6.08 Å². The van der Waals surface area contributed by atoms with Gasteiger partial charge in [0.2, 0.25) is 5.91 Å². The maximum atomic E-state index is 12.6. The van der Waals surface area contributed by atoms with Crippen molar-refractivity contribution in [3.05, 3.63) is 65.7 Å². The minimum Gasteiger partial charge on any atom is -0.493 e. The molecule has 154 valence electrons. The summed E-state index contributed by atoms with van der Waals surface area (Å²) in [6, 6.07) is 16.2. The molecule has 5 nitrogen and oxygen atoms in total. The number of piperazine rings is 1. The summed E-state index contributed by atoms with van der Waals surface area (Å²) in [4.78, 5) is 17.0. The molecule has 1 aliphatic heterocycles. The Kier molecular flexibility index (Phi) is 7.70. The van der Waals surface area contributed by atoms with E-state index in [9.17, 15) is 4.79 Å². The second-order valence-corrected chi connectivity index (χ2v) is 7.18. The highest BCUT2D eigenvalue weighted by molar-refractivity contribution is 5.76. The van der Waals surface area contributed by atoms with Crippen LogP contribution in [-0.4, -0.2) is 62.7 Å². The lowest BCUT2D eigenvalue weighted by atomic mass is 10.1. The fraction of sp³-hybridized carbons (Fsp3) is 0.375. The van der Waals surface area contributed by atoms with Gasteiger partial charge in [0, 0.05) is 39.1 Å². The third-order valence-electron chi connectivity index (χ3n) is 5.27. The van der Waals surface area contributed by atoms with Gasteiger partial charge in [-0.1, -0.05) is 48.6 Å². The number of benzene rings is 2. The fourth-order valence-corrected chi connectivity index (χ4v) is 3.53. The predicted octanol–water partition coefficient (Wildman–Crippen LogP) is 3.49. The molecule has 0 atom stereocenters. The van der Waals surface area contributed by atoms with Crippen LogP contribution in [0.3, 0.4) is 0 Å². The molecule has 1 amide bonds. The van der Waals surface area contributed by atoms with E-state index in [0.717, 1.165) is 38.3 Å². The molecule has 0 bridgehead atoms. The highest BCUT2D eigenvalue weighted by Crippen LogP contribution is 2.28. The molecule has 0 aromatic heterocycles. The summed E-state index contributed by atoms with van der Waals surface area (Å²) in [5, 5.41) is 0. The molecule has 29 heavy (non-hydrogen) atoms. The lowest BCUT2D eigenvalue weighted by Gasteiger charge is -2.34. The Morgan fingerprint density at radius 2 is 1.69 bits per heavy atom. The largest absolute Gasteiger partial charge is 0.493 e. The number of aryl methyl sites for hydroxylation is 1. The first-order chi connectivity index (χ1) is 14.2. The zero-order valence-corrected chi connectivity index (χ0v) is 17.3. The van der Waals surface area contributed by atoms with Crippen molar-refractivity contribution in [1.82, 2.24) is 9.80 Å². The number of rotatable bonds is 8. The van der Waals surface area contributed by atoms with Crippen LogP contribution >= 0.6 is 0 Å². The molecular formula is C24H30N2O3. The molecule has 5 heteroatoms. The average Bonchev–Trinajstić information content (AvgIpc) is 2.78. The summed E-state index contributed by atoms with van der Waals surface area (Å²) < 4.78 is 10.6. The molecule has 0 aliphatic carbocycles. The van der Waals surface area contributed by atoms with Gasteiger partial charge >= 0.3 is 0 Å². The first-order valence-electron chi connectivity index (χ1n) is 10.1. The van der Waals surface area contributed by atoms with Crippen molar-refractivity contribution in [2.45, 2.75) is 12.8 Å². The number of hydrogen-bond donors (Lipinski definition) is 0.